The van der Waals surface area contributed by atoms with Crippen LogP contribution in [0, 0.1) is 0 Å². The normalized spacial score (nSPS) is 12.2. The first-order valence-corrected chi connectivity index (χ1v) is 6.73. The average molecular weight is 299 g/mol. The molecule has 0 aliphatic carbocycles. The molecule has 4 heteroatoms. The minimum atomic E-state index is -0.0518. The molecule has 94 valence electrons. The van der Waals surface area contributed by atoms with E-state index in [-0.39, 0.29) is 11.9 Å². The van der Waals surface area contributed by atoms with Crippen LogP contribution in [0.1, 0.15) is 36.5 Å². The van der Waals surface area contributed by atoms with E-state index in [1.165, 1.54) is 0 Å². The molecule has 1 aromatic rings. The Balaban J connectivity index is 2.54. The van der Waals surface area contributed by atoms with Gasteiger partial charge in [0.15, 0.2) is 0 Å². The quantitative estimate of drug-likeness (QED) is 0.848. The van der Waals surface area contributed by atoms with Crippen LogP contribution in [0.25, 0.3) is 0 Å². The van der Waals surface area contributed by atoms with E-state index in [9.17, 15) is 4.79 Å². The van der Waals surface area contributed by atoms with Gasteiger partial charge < -0.3 is 11.1 Å². The van der Waals surface area contributed by atoms with Crippen LogP contribution in [0.3, 0.4) is 0 Å². The van der Waals surface area contributed by atoms with Crippen molar-refractivity contribution in [3.63, 3.8) is 0 Å². The van der Waals surface area contributed by atoms with Gasteiger partial charge >= 0.3 is 0 Å². The first-order valence-electron chi connectivity index (χ1n) is 5.94. The van der Waals surface area contributed by atoms with E-state index in [0.29, 0.717) is 12.1 Å². The van der Waals surface area contributed by atoms with Gasteiger partial charge in [0.1, 0.15) is 0 Å². The van der Waals surface area contributed by atoms with Crippen LogP contribution in [0.15, 0.2) is 28.7 Å². The number of amides is 1. The smallest absolute Gasteiger partial charge is 0.251 e. The molecule has 1 atom stereocenters. The molecule has 1 amide bonds. The molecule has 0 aromatic heterocycles. The second-order valence-corrected chi connectivity index (χ2v) is 4.97. The van der Waals surface area contributed by atoms with Crippen LogP contribution in [0.5, 0.6) is 0 Å². The lowest BCUT2D eigenvalue weighted by molar-refractivity contribution is 0.0936. The lowest BCUT2D eigenvalue weighted by Crippen LogP contribution is -2.40. The van der Waals surface area contributed by atoms with Gasteiger partial charge in [-0.3, -0.25) is 4.79 Å². The molecular weight excluding hydrogens is 280 g/mol. The molecule has 1 aromatic carbocycles. The number of halogens is 1. The summed E-state index contributed by atoms with van der Waals surface area (Å²) in [6, 6.07) is 7.39. The summed E-state index contributed by atoms with van der Waals surface area (Å²) >= 11 is 3.34. The number of carbonyl (C=O) groups is 1. The van der Waals surface area contributed by atoms with Crippen LogP contribution in [0.2, 0.25) is 0 Å². The van der Waals surface area contributed by atoms with Crippen molar-refractivity contribution in [1.29, 1.82) is 0 Å². The highest BCUT2D eigenvalue weighted by molar-refractivity contribution is 9.10. The molecule has 0 bridgehead atoms. The standard InChI is InChI=1S/C13H19BrN2O/c1-2-3-4-12(9-15)16-13(17)10-5-7-11(14)8-6-10/h5-8,12H,2-4,9,15H2,1H3,(H,16,17). The third-order valence-electron chi connectivity index (χ3n) is 2.63. The van der Waals surface area contributed by atoms with Gasteiger partial charge in [0, 0.05) is 22.6 Å². The van der Waals surface area contributed by atoms with Gasteiger partial charge in [0.05, 0.1) is 0 Å². The van der Waals surface area contributed by atoms with E-state index in [4.69, 9.17) is 5.73 Å². The van der Waals surface area contributed by atoms with Gasteiger partial charge in [-0.1, -0.05) is 35.7 Å². The third-order valence-corrected chi connectivity index (χ3v) is 3.16. The van der Waals surface area contributed by atoms with Crippen molar-refractivity contribution < 1.29 is 4.79 Å². The monoisotopic (exact) mass is 298 g/mol. The van der Waals surface area contributed by atoms with Gasteiger partial charge in [-0.2, -0.15) is 0 Å². The Hall–Kier alpha value is -0.870. The van der Waals surface area contributed by atoms with Gasteiger partial charge in [-0.15, -0.1) is 0 Å². The molecule has 0 aliphatic rings. The van der Waals surface area contributed by atoms with E-state index in [1.807, 2.05) is 12.1 Å². The van der Waals surface area contributed by atoms with Gasteiger partial charge in [0.2, 0.25) is 0 Å². The molecule has 0 aliphatic heterocycles. The molecule has 3 nitrogen and oxygen atoms in total. The van der Waals surface area contributed by atoms with Crippen molar-refractivity contribution in [2.75, 3.05) is 6.54 Å². The van der Waals surface area contributed by atoms with Crippen LogP contribution in [-0.4, -0.2) is 18.5 Å². The van der Waals surface area contributed by atoms with Gasteiger partial charge in [-0.05, 0) is 30.7 Å². The number of nitrogens with one attached hydrogen (secondary N) is 1. The van der Waals surface area contributed by atoms with Crippen molar-refractivity contribution in [2.45, 2.75) is 32.2 Å². The molecule has 0 saturated carbocycles. The lowest BCUT2D eigenvalue weighted by Gasteiger charge is -2.16. The van der Waals surface area contributed by atoms with Gasteiger partial charge in [-0.25, -0.2) is 0 Å². The maximum absolute atomic E-state index is 11.9. The lowest BCUT2D eigenvalue weighted by atomic mass is 10.1. The van der Waals surface area contributed by atoms with Crippen LogP contribution >= 0.6 is 15.9 Å². The summed E-state index contributed by atoms with van der Waals surface area (Å²) in [5.74, 6) is -0.0518. The number of nitrogens with two attached hydrogens (primary N) is 1. The predicted octanol–water partition coefficient (Wildman–Crippen LogP) is 2.70. The average Bonchev–Trinajstić information content (AvgIpc) is 2.35. The number of carbonyl (C=O) groups excluding carboxylic acids is 1. The highest BCUT2D eigenvalue weighted by atomic mass is 79.9. The van der Waals surface area contributed by atoms with E-state index >= 15 is 0 Å². The summed E-state index contributed by atoms with van der Waals surface area (Å²) in [6.45, 7) is 2.62. The largest absolute Gasteiger partial charge is 0.348 e. The number of benzene rings is 1. The number of unbranched alkanes of at least 4 members (excludes halogenated alkanes) is 1. The first-order chi connectivity index (χ1) is 8.17. The number of rotatable bonds is 6. The van der Waals surface area contributed by atoms with Crippen molar-refractivity contribution in [3.8, 4) is 0 Å². The third kappa shape index (κ3) is 4.88. The molecule has 0 spiro atoms. The molecule has 0 fully saturated rings. The summed E-state index contributed by atoms with van der Waals surface area (Å²) in [7, 11) is 0. The first kappa shape index (κ1) is 14.2. The van der Waals surface area contributed by atoms with E-state index < -0.39 is 0 Å². The van der Waals surface area contributed by atoms with Gasteiger partial charge in [0.25, 0.3) is 5.91 Å². The fourth-order valence-corrected chi connectivity index (χ4v) is 1.83. The maximum Gasteiger partial charge on any atom is 0.251 e. The van der Waals surface area contributed by atoms with E-state index in [2.05, 4.69) is 28.2 Å². The summed E-state index contributed by atoms with van der Waals surface area (Å²) in [6.07, 6.45) is 3.14. The molecule has 3 N–H and O–H groups in total. The summed E-state index contributed by atoms with van der Waals surface area (Å²) in [4.78, 5) is 11.9. The van der Waals surface area contributed by atoms with Crippen LogP contribution < -0.4 is 11.1 Å². The van der Waals surface area contributed by atoms with E-state index in [1.54, 1.807) is 12.1 Å². The fraction of sp³-hybridized carbons (Fsp3) is 0.462. The number of hydrogen-bond acceptors (Lipinski definition) is 2. The Morgan fingerprint density at radius 3 is 2.59 bits per heavy atom. The minimum absolute atomic E-state index is 0.0518. The Bertz CT molecular complexity index is 351. The van der Waals surface area contributed by atoms with Crippen molar-refractivity contribution in [1.82, 2.24) is 5.32 Å². The zero-order valence-corrected chi connectivity index (χ0v) is 11.7. The Morgan fingerprint density at radius 1 is 1.41 bits per heavy atom. The molecule has 0 heterocycles. The second-order valence-electron chi connectivity index (χ2n) is 4.06. The Morgan fingerprint density at radius 2 is 2.06 bits per heavy atom. The highest BCUT2D eigenvalue weighted by Crippen LogP contribution is 2.10. The summed E-state index contributed by atoms with van der Waals surface area (Å²) in [5, 5.41) is 2.96. The Kier molecular flexibility index (Phi) is 6.22. The molecule has 0 radical (unpaired) electrons. The molecular formula is C13H19BrN2O. The van der Waals surface area contributed by atoms with Crippen LogP contribution in [0.4, 0.5) is 0 Å². The van der Waals surface area contributed by atoms with E-state index in [0.717, 1.165) is 23.7 Å². The fourth-order valence-electron chi connectivity index (χ4n) is 1.57. The van der Waals surface area contributed by atoms with Crippen molar-refractivity contribution in [3.05, 3.63) is 34.3 Å². The molecule has 1 rings (SSSR count). The van der Waals surface area contributed by atoms with Crippen molar-refractivity contribution >= 4 is 21.8 Å². The molecule has 0 saturated heterocycles. The topological polar surface area (TPSA) is 55.1 Å². The summed E-state index contributed by atoms with van der Waals surface area (Å²) < 4.78 is 0.968. The molecule has 1 unspecified atom stereocenters. The zero-order chi connectivity index (χ0) is 12.7. The second kappa shape index (κ2) is 7.45. The number of hydrogen-bond donors (Lipinski definition) is 2. The van der Waals surface area contributed by atoms with Crippen molar-refractivity contribution in [2.24, 2.45) is 5.73 Å². The molecule has 17 heavy (non-hydrogen) atoms. The SMILES string of the molecule is CCCCC(CN)NC(=O)c1ccc(Br)cc1. The zero-order valence-electron chi connectivity index (χ0n) is 10.1. The minimum Gasteiger partial charge on any atom is -0.348 e. The Labute approximate surface area is 111 Å². The highest BCUT2D eigenvalue weighted by Gasteiger charge is 2.11. The summed E-state index contributed by atoms with van der Waals surface area (Å²) in [5.41, 5.74) is 6.31. The van der Waals surface area contributed by atoms with Crippen LogP contribution in [-0.2, 0) is 0 Å². The predicted molar refractivity (Wildman–Crippen MR) is 74.0 cm³/mol. The maximum atomic E-state index is 11.9.